The molecule has 0 atom stereocenters. The number of hydrogen-bond acceptors (Lipinski definition) is 3. The van der Waals surface area contributed by atoms with Crippen LogP contribution in [0.15, 0.2) is 42.5 Å². The highest BCUT2D eigenvalue weighted by Crippen LogP contribution is 2.23. The van der Waals surface area contributed by atoms with Crippen molar-refractivity contribution in [3.63, 3.8) is 0 Å². The van der Waals surface area contributed by atoms with Crippen molar-refractivity contribution < 1.29 is 19.1 Å². The highest BCUT2D eigenvalue weighted by molar-refractivity contribution is 6.06. The smallest absolute Gasteiger partial charge is 0.338 e. The third-order valence-electron chi connectivity index (χ3n) is 3.14. The van der Waals surface area contributed by atoms with Crippen molar-refractivity contribution in [2.24, 2.45) is 0 Å². The summed E-state index contributed by atoms with van der Waals surface area (Å²) in [4.78, 5) is 24.3. The van der Waals surface area contributed by atoms with Gasteiger partial charge in [0.25, 0.3) is 5.91 Å². The number of carbonyl (C=O) groups excluding carboxylic acids is 1. The molecule has 0 spiro atoms. The molecule has 6 heteroatoms. The Balaban J connectivity index is 2.37. The van der Waals surface area contributed by atoms with Gasteiger partial charge in [-0.3, -0.25) is 4.79 Å². The van der Waals surface area contributed by atoms with Gasteiger partial charge in [-0.1, -0.05) is 6.07 Å². The summed E-state index contributed by atoms with van der Waals surface area (Å²) in [7, 11) is 1.35. The van der Waals surface area contributed by atoms with Gasteiger partial charge in [0.2, 0.25) is 0 Å². The van der Waals surface area contributed by atoms with Gasteiger partial charge in [-0.2, -0.15) is 5.26 Å². The van der Waals surface area contributed by atoms with Gasteiger partial charge in [0.05, 0.1) is 22.9 Å². The lowest BCUT2D eigenvalue weighted by atomic mass is 10.1. The minimum Gasteiger partial charge on any atom is -0.478 e. The van der Waals surface area contributed by atoms with E-state index in [4.69, 9.17) is 10.4 Å². The summed E-state index contributed by atoms with van der Waals surface area (Å²) in [6.45, 7) is 0. The minimum atomic E-state index is -1.40. The molecule has 0 aliphatic carbocycles. The lowest BCUT2D eigenvalue weighted by Crippen LogP contribution is -2.27. The van der Waals surface area contributed by atoms with E-state index < -0.39 is 23.3 Å². The fourth-order valence-corrected chi connectivity index (χ4v) is 1.93. The fourth-order valence-electron chi connectivity index (χ4n) is 1.93. The first-order chi connectivity index (χ1) is 10.5. The van der Waals surface area contributed by atoms with Crippen LogP contribution in [0.25, 0.3) is 0 Å². The Labute approximate surface area is 125 Å². The summed E-state index contributed by atoms with van der Waals surface area (Å²) in [5.41, 5.74) is 0.0334. The lowest BCUT2D eigenvalue weighted by molar-refractivity contribution is 0.0691. The first kappa shape index (κ1) is 15.2. The molecule has 0 radical (unpaired) electrons. The molecule has 1 N–H and O–H groups in total. The summed E-state index contributed by atoms with van der Waals surface area (Å²) >= 11 is 0. The van der Waals surface area contributed by atoms with Crippen molar-refractivity contribution in [2.45, 2.75) is 0 Å². The van der Waals surface area contributed by atoms with Gasteiger partial charge in [-0.05, 0) is 36.4 Å². The van der Waals surface area contributed by atoms with E-state index >= 15 is 0 Å². The molecular weight excluding hydrogens is 287 g/mol. The number of halogens is 1. The zero-order chi connectivity index (χ0) is 16.3. The maximum Gasteiger partial charge on any atom is 0.338 e. The fraction of sp³-hybridized carbons (Fsp3) is 0.0625. The van der Waals surface area contributed by atoms with Crippen LogP contribution in [-0.2, 0) is 0 Å². The Morgan fingerprint density at radius 3 is 2.36 bits per heavy atom. The number of carboxylic acid groups (broad SMARTS) is 1. The van der Waals surface area contributed by atoms with Crippen LogP contribution in [0.4, 0.5) is 10.1 Å². The van der Waals surface area contributed by atoms with Crippen LogP contribution in [0.2, 0.25) is 0 Å². The van der Waals surface area contributed by atoms with E-state index in [1.807, 2.05) is 6.07 Å². The predicted octanol–water partition coefficient (Wildman–Crippen LogP) is 2.67. The second-order valence-electron chi connectivity index (χ2n) is 4.50. The first-order valence-electron chi connectivity index (χ1n) is 6.25. The molecule has 0 aliphatic rings. The highest BCUT2D eigenvalue weighted by atomic mass is 19.1. The van der Waals surface area contributed by atoms with E-state index in [2.05, 4.69) is 0 Å². The molecule has 0 unspecified atom stereocenters. The maximum atomic E-state index is 14.2. The van der Waals surface area contributed by atoms with Crippen molar-refractivity contribution >= 4 is 17.6 Å². The number of carbonyl (C=O) groups is 2. The number of benzene rings is 2. The number of anilines is 1. The molecular formula is C16H11FN2O3. The molecule has 2 aromatic carbocycles. The van der Waals surface area contributed by atoms with Gasteiger partial charge in [-0.25, -0.2) is 9.18 Å². The molecule has 2 aromatic rings. The standard InChI is InChI=1S/C16H11FN2O3/c1-19(13-4-2-3-12(14(13)17)16(21)22)15(20)11-7-5-10(9-18)6-8-11/h2-8H,1H3,(H,21,22). The lowest BCUT2D eigenvalue weighted by Gasteiger charge is -2.18. The number of nitriles is 1. The predicted molar refractivity (Wildman–Crippen MR) is 77.2 cm³/mol. The summed E-state index contributed by atoms with van der Waals surface area (Å²) in [6.07, 6.45) is 0. The van der Waals surface area contributed by atoms with Crippen LogP contribution in [0.3, 0.4) is 0 Å². The van der Waals surface area contributed by atoms with E-state index in [9.17, 15) is 14.0 Å². The topological polar surface area (TPSA) is 81.4 Å². The number of carboxylic acids is 1. The summed E-state index contributed by atoms with van der Waals surface area (Å²) in [5.74, 6) is -2.89. The van der Waals surface area contributed by atoms with E-state index in [0.717, 1.165) is 11.0 Å². The van der Waals surface area contributed by atoms with Crippen molar-refractivity contribution in [3.8, 4) is 6.07 Å². The molecule has 0 bridgehead atoms. The number of rotatable bonds is 3. The third kappa shape index (κ3) is 2.79. The van der Waals surface area contributed by atoms with Crippen molar-refractivity contribution in [3.05, 3.63) is 65.0 Å². The summed E-state index contributed by atoms with van der Waals surface area (Å²) in [5, 5.41) is 17.6. The maximum absolute atomic E-state index is 14.2. The van der Waals surface area contributed by atoms with E-state index in [1.165, 1.54) is 43.4 Å². The monoisotopic (exact) mass is 298 g/mol. The van der Waals surface area contributed by atoms with Gasteiger partial charge in [0.15, 0.2) is 5.82 Å². The number of amides is 1. The van der Waals surface area contributed by atoms with Crippen molar-refractivity contribution in [1.82, 2.24) is 0 Å². The molecule has 0 aliphatic heterocycles. The minimum absolute atomic E-state index is 0.130. The summed E-state index contributed by atoms with van der Waals surface area (Å²) in [6, 6.07) is 11.6. The molecule has 2 rings (SSSR count). The number of aromatic carboxylic acids is 1. The third-order valence-corrected chi connectivity index (χ3v) is 3.14. The molecule has 22 heavy (non-hydrogen) atoms. The Morgan fingerprint density at radius 2 is 1.82 bits per heavy atom. The Kier molecular flexibility index (Phi) is 4.18. The average molecular weight is 298 g/mol. The van der Waals surface area contributed by atoms with Gasteiger partial charge in [0, 0.05) is 12.6 Å². The summed E-state index contributed by atoms with van der Waals surface area (Å²) < 4.78 is 14.2. The zero-order valence-electron chi connectivity index (χ0n) is 11.6. The highest BCUT2D eigenvalue weighted by Gasteiger charge is 2.20. The normalized spacial score (nSPS) is 9.86. The Morgan fingerprint density at radius 1 is 1.18 bits per heavy atom. The molecule has 0 fully saturated rings. The van der Waals surface area contributed by atoms with Crippen LogP contribution in [-0.4, -0.2) is 24.0 Å². The van der Waals surface area contributed by atoms with Gasteiger partial charge in [-0.15, -0.1) is 0 Å². The second-order valence-corrected chi connectivity index (χ2v) is 4.50. The van der Waals surface area contributed by atoms with Crippen LogP contribution in [0.5, 0.6) is 0 Å². The van der Waals surface area contributed by atoms with E-state index in [-0.39, 0.29) is 11.3 Å². The van der Waals surface area contributed by atoms with Gasteiger partial charge in [0.1, 0.15) is 0 Å². The van der Waals surface area contributed by atoms with Gasteiger partial charge >= 0.3 is 5.97 Å². The SMILES string of the molecule is CN(C(=O)c1ccc(C#N)cc1)c1cccc(C(=O)O)c1F. The quantitative estimate of drug-likeness (QED) is 0.944. The van der Waals surface area contributed by atoms with Crippen LogP contribution in [0.1, 0.15) is 26.3 Å². The van der Waals surface area contributed by atoms with Crippen LogP contribution >= 0.6 is 0 Å². The zero-order valence-corrected chi connectivity index (χ0v) is 11.6. The number of hydrogen-bond donors (Lipinski definition) is 1. The average Bonchev–Trinajstić information content (AvgIpc) is 2.53. The molecule has 5 nitrogen and oxygen atoms in total. The van der Waals surface area contributed by atoms with Crippen molar-refractivity contribution in [1.29, 1.82) is 5.26 Å². The Bertz CT molecular complexity index is 779. The molecule has 0 saturated heterocycles. The molecule has 1 amide bonds. The Hall–Kier alpha value is -3.20. The molecule has 110 valence electrons. The van der Waals surface area contributed by atoms with Crippen LogP contribution < -0.4 is 4.90 Å². The second kappa shape index (κ2) is 6.06. The first-order valence-corrected chi connectivity index (χ1v) is 6.25. The largest absolute Gasteiger partial charge is 0.478 e. The van der Waals surface area contributed by atoms with E-state index in [0.29, 0.717) is 5.56 Å². The molecule has 0 heterocycles. The number of nitrogens with zero attached hydrogens (tertiary/aromatic N) is 2. The molecule has 0 aromatic heterocycles. The van der Waals surface area contributed by atoms with E-state index in [1.54, 1.807) is 0 Å². The van der Waals surface area contributed by atoms with Crippen molar-refractivity contribution in [2.75, 3.05) is 11.9 Å². The van der Waals surface area contributed by atoms with Gasteiger partial charge < -0.3 is 10.0 Å². The molecule has 0 saturated carbocycles. The van der Waals surface area contributed by atoms with Crippen LogP contribution in [0, 0.1) is 17.1 Å².